The van der Waals surface area contributed by atoms with Gasteiger partial charge >= 0.3 is 0 Å². The number of ether oxygens (including phenoxy) is 2. The fourth-order valence-corrected chi connectivity index (χ4v) is 3.30. The Morgan fingerprint density at radius 2 is 1.62 bits per heavy atom. The van der Waals surface area contributed by atoms with E-state index in [0.29, 0.717) is 17.2 Å². The van der Waals surface area contributed by atoms with Gasteiger partial charge in [-0.3, -0.25) is 4.79 Å². The number of aryl methyl sites for hydroxylation is 1. The van der Waals surface area contributed by atoms with Crippen molar-refractivity contribution in [2.24, 2.45) is 0 Å². The summed E-state index contributed by atoms with van der Waals surface area (Å²) in [4.78, 5) is 12.9. The van der Waals surface area contributed by atoms with E-state index in [1.54, 1.807) is 31.2 Å². The molecule has 0 saturated heterocycles. The highest BCUT2D eigenvalue weighted by Crippen LogP contribution is 2.30. The van der Waals surface area contributed by atoms with Crippen LogP contribution in [0.5, 0.6) is 11.5 Å². The van der Waals surface area contributed by atoms with Gasteiger partial charge in [-0.2, -0.15) is 0 Å². The molecule has 2 rings (SSSR count). The van der Waals surface area contributed by atoms with E-state index in [-0.39, 0.29) is 10.5 Å². The van der Waals surface area contributed by atoms with Crippen LogP contribution in [0.4, 0.5) is 5.69 Å². The van der Waals surface area contributed by atoms with Crippen LogP contribution in [0.1, 0.15) is 15.9 Å². The van der Waals surface area contributed by atoms with Gasteiger partial charge in [0.25, 0.3) is 5.91 Å². The van der Waals surface area contributed by atoms with Crippen molar-refractivity contribution in [1.82, 2.24) is 4.31 Å². The van der Waals surface area contributed by atoms with E-state index >= 15 is 0 Å². The molecule has 0 fully saturated rings. The maximum Gasteiger partial charge on any atom is 0.263 e. The number of anilines is 1. The second kappa shape index (κ2) is 7.76. The summed E-state index contributed by atoms with van der Waals surface area (Å²) >= 11 is 0. The molecule has 2 aromatic carbocycles. The number of nitrogens with zero attached hydrogens (tertiary/aromatic N) is 1. The number of carbonyl (C=O) groups is 1. The number of rotatable bonds is 6. The highest BCUT2D eigenvalue weighted by Gasteiger charge is 2.21. The van der Waals surface area contributed by atoms with E-state index < -0.39 is 15.9 Å². The Bertz CT molecular complexity index is 901. The van der Waals surface area contributed by atoms with Gasteiger partial charge in [0.15, 0.2) is 0 Å². The summed E-state index contributed by atoms with van der Waals surface area (Å²) < 4.78 is 36.3. The fourth-order valence-electron chi connectivity index (χ4n) is 2.37. The van der Waals surface area contributed by atoms with E-state index in [2.05, 4.69) is 5.32 Å². The first-order valence-corrected chi connectivity index (χ1v) is 9.22. The van der Waals surface area contributed by atoms with Crippen molar-refractivity contribution in [3.63, 3.8) is 0 Å². The molecule has 0 saturated carbocycles. The Hall–Kier alpha value is -2.58. The molecule has 26 heavy (non-hydrogen) atoms. The zero-order valence-corrected chi connectivity index (χ0v) is 16.2. The SMILES string of the molecule is COc1cccc(OC)c1C(=O)Nc1cc(S(=O)(=O)N(C)C)ccc1C. The van der Waals surface area contributed by atoms with Crippen LogP contribution in [0.3, 0.4) is 0 Å². The minimum Gasteiger partial charge on any atom is -0.496 e. The Morgan fingerprint density at radius 1 is 1.04 bits per heavy atom. The number of nitrogens with one attached hydrogen (secondary N) is 1. The highest BCUT2D eigenvalue weighted by molar-refractivity contribution is 7.89. The normalized spacial score (nSPS) is 11.3. The van der Waals surface area contributed by atoms with E-state index in [9.17, 15) is 13.2 Å². The maximum atomic E-state index is 12.8. The number of carbonyl (C=O) groups excluding carboxylic acids is 1. The topological polar surface area (TPSA) is 84.9 Å². The molecule has 0 atom stereocenters. The van der Waals surface area contributed by atoms with Gasteiger partial charge in [-0.05, 0) is 36.8 Å². The standard InChI is InChI=1S/C18H22N2O5S/c1-12-9-10-13(26(22,23)20(2)3)11-14(12)19-18(21)17-15(24-4)7-6-8-16(17)25-5/h6-11H,1-5H3,(H,19,21). The Kier molecular flexibility index (Phi) is 5.89. The first-order valence-electron chi connectivity index (χ1n) is 7.78. The van der Waals surface area contributed by atoms with Crippen LogP contribution in [0.15, 0.2) is 41.3 Å². The lowest BCUT2D eigenvalue weighted by molar-refractivity contribution is 0.102. The lowest BCUT2D eigenvalue weighted by atomic mass is 10.1. The average Bonchev–Trinajstić information content (AvgIpc) is 2.62. The van der Waals surface area contributed by atoms with Crippen molar-refractivity contribution in [3.8, 4) is 11.5 Å². The number of benzene rings is 2. The number of hydrogen-bond donors (Lipinski definition) is 1. The summed E-state index contributed by atoms with van der Waals surface area (Å²) in [6.07, 6.45) is 0. The number of methoxy groups -OCH3 is 2. The molecule has 2 aromatic rings. The minimum atomic E-state index is -3.61. The lowest BCUT2D eigenvalue weighted by Crippen LogP contribution is -2.22. The third kappa shape index (κ3) is 3.81. The van der Waals surface area contributed by atoms with Crippen LogP contribution in [-0.4, -0.2) is 46.9 Å². The van der Waals surface area contributed by atoms with E-state index in [0.717, 1.165) is 9.87 Å². The molecule has 0 aliphatic carbocycles. The van der Waals surface area contributed by atoms with Gasteiger partial charge in [-0.1, -0.05) is 12.1 Å². The molecular formula is C18H22N2O5S. The first kappa shape index (κ1) is 19.7. The largest absolute Gasteiger partial charge is 0.496 e. The Labute approximate surface area is 153 Å². The van der Waals surface area contributed by atoms with Crippen LogP contribution in [0, 0.1) is 6.92 Å². The van der Waals surface area contributed by atoms with Crippen LogP contribution in [-0.2, 0) is 10.0 Å². The molecule has 140 valence electrons. The minimum absolute atomic E-state index is 0.0930. The van der Waals surface area contributed by atoms with Crippen molar-refractivity contribution in [1.29, 1.82) is 0 Å². The van der Waals surface area contributed by atoms with Crippen molar-refractivity contribution >= 4 is 21.6 Å². The average molecular weight is 378 g/mol. The molecule has 0 aliphatic heterocycles. The Balaban J connectivity index is 2.45. The molecule has 0 aromatic heterocycles. The molecule has 0 bridgehead atoms. The van der Waals surface area contributed by atoms with Crippen molar-refractivity contribution < 1.29 is 22.7 Å². The van der Waals surface area contributed by atoms with Gasteiger partial charge in [0.2, 0.25) is 10.0 Å². The van der Waals surface area contributed by atoms with Crippen LogP contribution in [0.2, 0.25) is 0 Å². The summed E-state index contributed by atoms with van der Waals surface area (Å²) in [5.74, 6) is 0.259. The van der Waals surface area contributed by atoms with Crippen LogP contribution in [0.25, 0.3) is 0 Å². The molecule has 1 N–H and O–H groups in total. The molecule has 0 unspecified atom stereocenters. The van der Waals surface area contributed by atoms with E-state index in [1.807, 2.05) is 0 Å². The van der Waals surface area contributed by atoms with Crippen LogP contribution < -0.4 is 14.8 Å². The highest BCUT2D eigenvalue weighted by atomic mass is 32.2. The molecule has 0 heterocycles. The Morgan fingerprint density at radius 3 is 2.12 bits per heavy atom. The predicted octanol–water partition coefficient (Wildman–Crippen LogP) is 2.51. The van der Waals surface area contributed by atoms with Crippen molar-refractivity contribution in [2.75, 3.05) is 33.6 Å². The smallest absolute Gasteiger partial charge is 0.263 e. The lowest BCUT2D eigenvalue weighted by Gasteiger charge is -2.16. The van der Waals surface area contributed by atoms with E-state index in [1.165, 1.54) is 40.4 Å². The molecular weight excluding hydrogens is 356 g/mol. The number of sulfonamides is 1. The maximum absolute atomic E-state index is 12.8. The predicted molar refractivity (Wildman–Crippen MR) is 99.6 cm³/mol. The molecule has 8 heteroatoms. The van der Waals surface area contributed by atoms with Gasteiger partial charge in [0, 0.05) is 19.8 Å². The zero-order chi connectivity index (χ0) is 19.5. The van der Waals surface area contributed by atoms with Crippen molar-refractivity contribution in [2.45, 2.75) is 11.8 Å². The summed E-state index contributed by atoms with van der Waals surface area (Å²) in [5, 5.41) is 2.75. The van der Waals surface area contributed by atoms with Crippen LogP contribution >= 0.6 is 0 Å². The van der Waals surface area contributed by atoms with Gasteiger partial charge in [0.05, 0.1) is 19.1 Å². The summed E-state index contributed by atoms with van der Waals surface area (Å²) in [6, 6.07) is 9.60. The molecule has 1 amide bonds. The van der Waals surface area contributed by atoms with E-state index in [4.69, 9.17) is 9.47 Å². The summed E-state index contributed by atoms with van der Waals surface area (Å²) in [6.45, 7) is 1.78. The molecule has 0 radical (unpaired) electrons. The monoisotopic (exact) mass is 378 g/mol. The van der Waals surface area contributed by atoms with Gasteiger partial charge in [-0.25, -0.2) is 12.7 Å². The number of amides is 1. The van der Waals surface area contributed by atoms with Gasteiger partial charge < -0.3 is 14.8 Å². The third-order valence-corrected chi connectivity index (χ3v) is 5.70. The quantitative estimate of drug-likeness (QED) is 0.835. The second-order valence-corrected chi connectivity index (χ2v) is 7.91. The molecule has 0 aliphatic rings. The fraction of sp³-hybridized carbons (Fsp3) is 0.278. The van der Waals surface area contributed by atoms with Gasteiger partial charge in [0.1, 0.15) is 17.1 Å². The molecule has 0 spiro atoms. The first-order chi connectivity index (χ1) is 12.2. The van der Waals surface area contributed by atoms with Crippen molar-refractivity contribution in [3.05, 3.63) is 47.5 Å². The zero-order valence-electron chi connectivity index (χ0n) is 15.4. The summed E-state index contributed by atoms with van der Waals surface area (Å²) in [5.41, 5.74) is 1.36. The second-order valence-electron chi connectivity index (χ2n) is 5.76. The van der Waals surface area contributed by atoms with Gasteiger partial charge in [-0.15, -0.1) is 0 Å². The third-order valence-electron chi connectivity index (χ3n) is 3.89. The molecule has 7 nitrogen and oxygen atoms in total. The number of hydrogen-bond acceptors (Lipinski definition) is 5. The summed E-state index contributed by atoms with van der Waals surface area (Å²) in [7, 11) is 2.21.